The maximum atomic E-state index is 14.1. The van der Waals surface area contributed by atoms with Gasteiger partial charge in [0, 0.05) is 18.3 Å². The van der Waals surface area contributed by atoms with E-state index in [1.165, 1.54) is 6.07 Å². The topological polar surface area (TPSA) is 17.8 Å². The van der Waals surface area contributed by atoms with Crippen molar-refractivity contribution in [2.24, 2.45) is 0 Å². The normalized spacial score (nSPS) is 16.6. The number of benzene rings is 1. The predicted molar refractivity (Wildman–Crippen MR) is 71.6 cm³/mol. The molecule has 0 spiro atoms. The molecule has 1 fully saturated rings. The fourth-order valence-electron chi connectivity index (χ4n) is 2.99. The van der Waals surface area contributed by atoms with E-state index in [1.807, 2.05) is 4.57 Å². The van der Waals surface area contributed by atoms with Crippen LogP contribution >= 0.6 is 11.6 Å². The van der Waals surface area contributed by atoms with Crippen molar-refractivity contribution in [3.63, 3.8) is 0 Å². The Hall–Kier alpha value is -1.16. The quantitative estimate of drug-likeness (QED) is 0.772. The van der Waals surface area contributed by atoms with Crippen LogP contribution in [-0.4, -0.2) is 15.4 Å². The van der Waals surface area contributed by atoms with Gasteiger partial charge >= 0.3 is 0 Å². The van der Waals surface area contributed by atoms with E-state index in [0.29, 0.717) is 23.3 Å². The summed E-state index contributed by atoms with van der Waals surface area (Å²) in [4.78, 5) is 4.42. The summed E-state index contributed by atoms with van der Waals surface area (Å²) in [6.45, 7) is 0. The molecule has 0 saturated heterocycles. The summed E-state index contributed by atoms with van der Waals surface area (Å²) in [6, 6.07) is 2.89. The fourth-order valence-corrected chi connectivity index (χ4v) is 3.16. The van der Waals surface area contributed by atoms with Gasteiger partial charge in [-0.25, -0.2) is 13.8 Å². The Morgan fingerprint density at radius 1 is 1.26 bits per heavy atom. The summed E-state index contributed by atoms with van der Waals surface area (Å²) in [5.74, 6) is -0.414. The zero-order chi connectivity index (χ0) is 13.4. The second kappa shape index (κ2) is 5.08. The third kappa shape index (κ3) is 2.12. The van der Waals surface area contributed by atoms with Crippen molar-refractivity contribution in [3.05, 3.63) is 29.6 Å². The Bertz CT molecular complexity index is 603. The number of imidazole rings is 1. The van der Waals surface area contributed by atoms with Crippen LogP contribution in [0, 0.1) is 11.6 Å². The first-order valence-corrected chi connectivity index (χ1v) is 7.16. The van der Waals surface area contributed by atoms with Gasteiger partial charge in [0.25, 0.3) is 0 Å². The average molecular weight is 285 g/mol. The van der Waals surface area contributed by atoms with E-state index in [9.17, 15) is 8.78 Å². The third-order valence-corrected chi connectivity index (χ3v) is 4.01. The van der Waals surface area contributed by atoms with Crippen LogP contribution in [-0.2, 0) is 6.42 Å². The van der Waals surface area contributed by atoms with E-state index in [4.69, 9.17) is 11.6 Å². The number of halogens is 3. The Balaban J connectivity index is 2.23. The minimum atomic E-state index is -0.816. The van der Waals surface area contributed by atoms with E-state index in [2.05, 4.69) is 4.98 Å². The highest BCUT2D eigenvalue weighted by Gasteiger charge is 2.25. The molecular weight excluding hydrogens is 270 g/mol. The van der Waals surface area contributed by atoms with Crippen LogP contribution in [0.2, 0.25) is 0 Å². The molecule has 1 aromatic heterocycles. The lowest BCUT2D eigenvalue weighted by Gasteiger charge is -2.16. The van der Waals surface area contributed by atoms with Gasteiger partial charge in [-0.3, -0.25) is 0 Å². The van der Waals surface area contributed by atoms with Crippen molar-refractivity contribution in [1.29, 1.82) is 0 Å². The van der Waals surface area contributed by atoms with Crippen LogP contribution in [0.3, 0.4) is 0 Å². The van der Waals surface area contributed by atoms with Gasteiger partial charge < -0.3 is 4.57 Å². The van der Waals surface area contributed by atoms with Gasteiger partial charge in [0.05, 0.1) is 5.52 Å². The van der Waals surface area contributed by atoms with E-state index in [-0.39, 0.29) is 6.04 Å². The van der Waals surface area contributed by atoms with Gasteiger partial charge in [-0.15, -0.1) is 11.6 Å². The van der Waals surface area contributed by atoms with Crippen molar-refractivity contribution < 1.29 is 8.78 Å². The molecule has 0 bridgehead atoms. The van der Waals surface area contributed by atoms with Crippen LogP contribution < -0.4 is 0 Å². The number of hydrogen-bond donors (Lipinski definition) is 0. The molecule has 0 atom stereocenters. The van der Waals surface area contributed by atoms with Crippen molar-refractivity contribution in [2.75, 3.05) is 5.88 Å². The maximum Gasteiger partial charge on any atom is 0.184 e. The van der Waals surface area contributed by atoms with Gasteiger partial charge in [0.2, 0.25) is 0 Å². The summed E-state index contributed by atoms with van der Waals surface area (Å²) in [6.07, 6.45) is 4.82. The minimum Gasteiger partial charge on any atom is -0.322 e. The van der Waals surface area contributed by atoms with Crippen molar-refractivity contribution in [3.8, 4) is 0 Å². The highest BCUT2D eigenvalue weighted by Crippen LogP contribution is 2.35. The zero-order valence-corrected chi connectivity index (χ0v) is 11.3. The molecule has 0 aliphatic heterocycles. The Morgan fingerprint density at radius 2 is 2.00 bits per heavy atom. The first-order valence-electron chi connectivity index (χ1n) is 6.63. The lowest BCUT2D eigenvalue weighted by molar-refractivity contribution is 0.484. The largest absolute Gasteiger partial charge is 0.322 e. The van der Waals surface area contributed by atoms with Gasteiger partial charge in [0.1, 0.15) is 11.3 Å². The Labute approximate surface area is 115 Å². The highest BCUT2D eigenvalue weighted by atomic mass is 35.5. The zero-order valence-electron chi connectivity index (χ0n) is 10.5. The molecule has 3 rings (SSSR count). The average Bonchev–Trinajstić information content (AvgIpc) is 3.01. The van der Waals surface area contributed by atoms with Gasteiger partial charge in [-0.2, -0.15) is 0 Å². The van der Waals surface area contributed by atoms with E-state index < -0.39 is 11.6 Å². The number of aromatic nitrogens is 2. The number of nitrogens with zero attached hydrogens (tertiary/aromatic N) is 2. The lowest BCUT2D eigenvalue weighted by Crippen LogP contribution is -2.11. The standard InChI is InChI=1S/C14H15ClF2N2/c15-8-7-12-18-11-6-5-10(16)13(17)14(11)19(12)9-3-1-2-4-9/h5-6,9H,1-4,7-8H2. The number of alkyl halides is 1. The van der Waals surface area contributed by atoms with Gasteiger partial charge in [-0.1, -0.05) is 12.8 Å². The Kier molecular flexibility index (Phi) is 3.44. The van der Waals surface area contributed by atoms with Gasteiger partial charge in [-0.05, 0) is 25.0 Å². The number of rotatable bonds is 3. The monoisotopic (exact) mass is 284 g/mol. The highest BCUT2D eigenvalue weighted by molar-refractivity contribution is 6.17. The second-order valence-corrected chi connectivity index (χ2v) is 5.38. The van der Waals surface area contributed by atoms with E-state index in [0.717, 1.165) is 37.6 Å². The van der Waals surface area contributed by atoms with Crippen LogP contribution in [0.15, 0.2) is 12.1 Å². The van der Waals surface area contributed by atoms with Crippen molar-refractivity contribution >= 4 is 22.6 Å². The molecule has 1 saturated carbocycles. The van der Waals surface area contributed by atoms with Crippen LogP contribution in [0.1, 0.15) is 37.5 Å². The molecule has 0 N–H and O–H groups in total. The molecule has 1 aromatic carbocycles. The molecule has 2 nitrogen and oxygen atoms in total. The number of hydrogen-bond acceptors (Lipinski definition) is 1. The van der Waals surface area contributed by atoms with E-state index in [1.54, 1.807) is 0 Å². The van der Waals surface area contributed by atoms with Crippen molar-refractivity contribution in [2.45, 2.75) is 38.1 Å². The molecule has 1 aliphatic rings. The maximum absolute atomic E-state index is 14.1. The molecule has 1 aliphatic carbocycles. The molecule has 0 unspecified atom stereocenters. The summed E-state index contributed by atoms with van der Waals surface area (Å²) in [5, 5.41) is 0. The second-order valence-electron chi connectivity index (χ2n) is 5.00. The third-order valence-electron chi connectivity index (χ3n) is 3.82. The van der Waals surface area contributed by atoms with Crippen LogP contribution in [0.4, 0.5) is 8.78 Å². The fraction of sp³-hybridized carbons (Fsp3) is 0.500. The summed E-state index contributed by atoms with van der Waals surface area (Å²) in [7, 11) is 0. The molecular formula is C14H15ClF2N2. The SMILES string of the molecule is Fc1ccc2nc(CCCl)n(C3CCCC3)c2c1F. The first-order chi connectivity index (χ1) is 9.22. The molecule has 0 radical (unpaired) electrons. The molecule has 1 heterocycles. The summed E-state index contributed by atoms with van der Waals surface area (Å²) in [5.41, 5.74) is 0.818. The van der Waals surface area contributed by atoms with E-state index >= 15 is 0 Å². The summed E-state index contributed by atoms with van der Waals surface area (Å²) >= 11 is 5.79. The number of aryl methyl sites for hydroxylation is 1. The lowest BCUT2D eigenvalue weighted by atomic mass is 10.2. The molecule has 102 valence electrons. The predicted octanol–water partition coefficient (Wildman–Crippen LogP) is 4.21. The number of fused-ring (bicyclic) bond motifs is 1. The smallest absolute Gasteiger partial charge is 0.184 e. The van der Waals surface area contributed by atoms with Crippen molar-refractivity contribution in [1.82, 2.24) is 9.55 Å². The summed E-state index contributed by atoms with van der Waals surface area (Å²) < 4.78 is 29.4. The minimum absolute atomic E-state index is 0.222. The molecule has 19 heavy (non-hydrogen) atoms. The van der Waals surface area contributed by atoms with Crippen LogP contribution in [0.5, 0.6) is 0 Å². The van der Waals surface area contributed by atoms with Crippen LogP contribution in [0.25, 0.3) is 11.0 Å². The molecule has 2 aromatic rings. The molecule has 0 amide bonds. The van der Waals surface area contributed by atoms with Gasteiger partial charge in [0.15, 0.2) is 11.6 Å². The molecule has 5 heteroatoms. The Morgan fingerprint density at radius 3 is 2.68 bits per heavy atom. The first kappa shape index (κ1) is 12.9.